The third-order valence-corrected chi connectivity index (χ3v) is 7.98. The summed E-state index contributed by atoms with van der Waals surface area (Å²) in [7, 11) is -3.74. The first kappa shape index (κ1) is 27.2. The van der Waals surface area contributed by atoms with E-state index < -0.39 is 22.0 Å². The van der Waals surface area contributed by atoms with E-state index in [1.807, 2.05) is 44.2 Å². The second-order valence-corrected chi connectivity index (χ2v) is 12.3. The van der Waals surface area contributed by atoms with Gasteiger partial charge in [0.15, 0.2) is 0 Å². The van der Waals surface area contributed by atoms with Gasteiger partial charge in [-0.15, -0.1) is 0 Å². The molecule has 1 N–H and O–H groups in total. The molecule has 2 aromatic carbocycles. The number of anilines is 1. The van der Waals surface area contributed by atoms with Gasteiger partial charge < -0.3 is 10.2 Å². The molecule has 0 aliphatic heterocycles. The summed E-state index contributed by atoms with van der Waals surface area (Å²) in [5.41, 5.74) is 3.08. The molecule has 1 aliphatic rings. The predicted molar refractivity (Wildman–Crippen MR) is 143 cm³/mol. The molecule has 0 radical (unpaired) electrons. The van der Waals surface area contributed by atoms with Crippen LogP contribution in [0, 0.1) is 13.8 Å². The zero-order valence-electron chi connectivity index (χ0n) is 20.8. The molecule has 7 nitrogen and oxygen atoms in total. The fourth-order valence-corrected chi connectivity index (χ4v) is 5.57. The van der Waals surface area contributed by atoms with Gasteiger partial charge in [0, 0.05) is 17.1 Å². The molecule has 2 aromatic rings. The Balaban J connectivity index is 1.89. The van der Waals surface area contributed by atoms with Crippen molar-refractivity contribution in [3.63, 3.8) is 0 Å². The molecule has 2 amide bonds. The standard InChI is InChI=1S/C26H34BrN3O4S/c1-18-13-19(2)15-24(14-18)30(35(4,33)34)17-25(31)29(16-21-9-11-22(27)12-10-21)20(3)26(32)28-23-7-5-6-8-23/h9-15,20,23H,5-8,16-17H2,1-4H3,(H,28,32)/t20-/m0/s1. The molecule has 35 heavy (non-hydrogen) atoms. The normalized spacial score (nSPS) is 15.0. The smallest absolute Gasteiger partial charge is 0.244 e. The highest BCUT2D eigenvalue weighted by molar-refractivity contribution is 9.10. The number of hydrogen-bond acceptors (Lipinski definition) is 4. The van der Waals surface area contributed by atoms with Gasteiger partial charge in [-0.2, -0.15) is 0 Å². The number of rotatable bonds is 9. The van der Waals surface area contributed by atoms with Crippen molar-refractivity contribution in [1.82, 2.24) is 10.2 Å². The lowest BCUT2D eigenvalue weighted by Crippen LogP contribution is -2.52. The fraction of sp³-hybridized carbons (Fsp3) is 0.462. The summed E-state index contributed by atoms with van der Waals surface area (Å²) in [4.78, 5) is 28.2. The van der Waals surface area contributed by atoms with Gasteiger partial charge in [-0.1, -0.05) is 47.0 Å². The molecule has 0 bridgehead atoms. The van der Waals surface area contributed by atoms with Gasteiger partial charge in [0.25, 0.3) is 0 Å². The van der Waals surface area contributed by atoms with E-state index in [9.17, 15) is 18.0 Å². The molecule has 1 saturated carbocycles. The average Bonchev–Trinajstić information content (AvgIpc) is 3.28. The number of sulfonamides is 1. The molecule has 0 heterocycles. The number of nitrogens with one attached hydrogen (secondary N) is 1. The molecule has 0 aromatic heterocycles. The zero-order valence-corrected chi connectivity index (χ0v) is 23.2. The first-order valence-corrected chi connectivity index (χ1v) is 14.5. The molecule has 0 saturated heterocycles. The van der Waals surface area contributed by atoms with Crippen LogP contribution in [0.15, 0.2) is 46.9 Å². The van der Waals surface area contributed by atoms with Crippen LogP contribution in [-0.2, 0) is 26.2 Å². The summed E-state index contributed by atoms with van der Waals surface area (Å²) in [6.45, 7) is 5.26. The third-order valence-electron chi connectivity index (χ3n) is 6.31. The molecule has 3 rings (SSSR count). The number of hydrogen-bond donors (Lipinski definition) is 1. The Kier molecular flexibility index (Phi) is 8.99. The zero-order chi connectivity index (χ0) is 25.8. The molecule has 0 unspecified atom stereocenters. The lowest BCUT2D eigenvalue weighted by atomic mass is 10.1. The highest BCUT2D eigenvalue weighted by atomic mass is 79.9. The summed E-state index contributed by atoms with van der Waals surface area (Å²) < 4.78 is 27.4. The number of carbonyl (C=O) groups is 2. The van der Waals surface area contributed by atoms with Gasteiger partial charge in [0.05, 0.1) is 11.9 Å². The minimum atomic E-state index is -3.74. The van der Waals surface area contributed by atoms with E-state index in [1.165, 1.54) is 4.90 Å². The van der Waals surface area contributed by atoms with E-state index in [0.717, 1.165) is 57.4 Å². The van der Waals surface area contributed by atoms with Crippen LogP contribution in [0.2, 0.25) is 0 Å². The van der Waals surface area contributed by atoms with Crippen molar-refractivity contribution in [1.29, 1.82) is 0 Å². The van der Waals surface area contributed by atoms with E-state index in [2.05, 4.69) is 21.2 Å². The van der Waals surface area contributed by atoms with E-state index in [4.69, 9.17) is 0 Å². The van der Waals surface area contributed by atoms with Crippen LogP contribution in [0.4, 0.5) is 5.69 Å². The number of nitrogens with zero attached hydrogens (tertiary/aromatic N) is 2. The van der Waals surface area contributed by atoms with Crippen LogP contribution in [-0.4, -0.2) is 50.0 Å². The largest absolute Gasteiger partial charge is 0.352 e. The first-order chi connectivity index (χ1) is 16.4. The summed E-state index contributed by atoms with van der Waals surface area (Å²) in [6, 6.07) is 12.3. The van der Waals surface area contributed by atoms with Crippen molar-refractivity contribution in [3.05, 3.63) is 63.6 Å². The number of amides is 2. The van der Waals surface area contributed by atoms with Crippen molar-refractivity contribution in [2.75, 3.05) is 17.1 Å². The Labute approximate surface area is 217 Å². The lowest BCUT2D eigenvalue weighted by Gasteiger charge is -2.32. The number of benzene rings is 2. The van der Waals surface area contributed by atoms with E-state index in [0.29, 0.717) is 5.69 Å². The van der Waals surface area contributed by atoms with E-state index in [-0.39, 0.29) is 25.0 Å². The maximum Gasteiger partial charge on any atom is 0.244 e. The monoisotopic (exact) mass is 563 g/mol. The van der Waals surface area contributed by atoms with Crippen LogP contribution in [0.3, 0.4) is 0 Å². The molecule has 1 atom stereocenters. The molecule has 0 spiro atoms. The van der Waals surface area contributed by atoms with Crippen molar-refractivity contribution < 1.29 is 18.0 Å². The van der Waals surface area contributed by atoms with Gasteiger partial charge in [-0.25, -0.2) is 8.42 Å². The minimum Gasteiger partial charge on any atom is -0.352 e. The van der Waals surface area contributed by atoms with Gasteiger partial charge >= 0.3 is 0 Å². The molecule has 1 aliphatic carbocycles. The maximum atomic E-state index is 13.6. The van der Waals surface area contributed by atoms with Crippen molar-refractivity contribution in [2.45, 2.75) is 65.1 Å². The predicted octanol–water partition coefficient (Wildman–Crippen LogP) is 4.31. The van der Waals surface area contributed by atoms with Gasteiger partial charge in [-0.3, -0.25) is 13.9 Å². The molecular formula is C26H34BrN3O4S. The second kappa shape index (κ2) is 11.6. The summed E-state index contributed by atoms with van der Waals surface area (Å²) in [5, 5.41) is 3.07. The van der Waals surface area contributed by atoms with Crippen LogP contribution < -0.4 is 9.62 Å². The Morgan fingerprint density at radius 1 is 1.06 bits per heavy atom. The fourth-order valence-electron chi connectivity index (χ4n) is 4.47. The van der Waals surface area contributed by atoms with Crippen LogP contribution in [0.1, 0.15) is 49.3 Å². The first-order valence-electron chi connectivity index (χ1n) is 11.8. The third kappa shape index (κ3) is 7.54. The van der Waals surface area contributed by atoms with E-state index in [1.54, 1.807) is 19.1 Å². The SMILES string of the molecule is Cc1cc(C)cc(N(CC(=O)N(Cc2ccc(Br)cc2)[C@@H](C)C(=O)NC2CCCC2)S(C)(=O)=O)c1. The van der Waals surface area contributed by atoms with Gasteiger partial charge in [-0.05, 0) is 74.6 Å². The number of aryl methyl sites for hydroxylation is 2. The second-order valence-electron chi connectivity index (χ2n) is 9.43. The topological polar surface area (TPSA) is 86.8 Å². The maximum absolute atomic E-state index is 13.6. The van der Waals surface area contributed by atoms with Crippen molar-refractivity contribution in [3.8, 4) is 0 Å². The van der Waals surface area contributed by atoms with Crippen molar-refractivity contribution in [2.24, 2.45) is 0 Å². The quantitative estimate of drug-likeness (QED) is 0.492. The minimum absolute atomic E-state index is 0.123. The average molecular weight is 565 g/mol. The Hall–Kier alpha value is -2.39. The number of halogens is 1. The number of carbonyl (C=O) groups excluding carboxylic acids is 2. The van der Waals surface area contributed by atoms with Crippen LogP contribution >= 0.6 is 15.9 Å². The Bertz CT molecular complexity index is 1140. The molecule has 9 heteroatoms. The summed E-state index contributed by atoms with van der Waals surface area (Å²) >= 11 is 3.42. The highest BCUT2D eigenvalue weighted by Gasteiger charge is 2.31. The van der Waals surface area contributed by atoms with Crippen molar-refractivity contribution >= 4 is 43.5 Å². The van der Waals surface area contributed by atoms with Crippen LogP contribution in [0.5, 0.6) is 0 Å². The van der Waals surface area contributed by atoms with Crippen LogP contribution in [0.25, 0.3) is 0 Å². The van der Waals surface area contributed by atoms with E-state index >= 15 is 0 Å². The Morgan fingerprint density at radius 3 is 2.17 bits per heavy atom. The lowest BCUT2D eigenvalue weighted by molar-refractivity contribution is -0.139. The molecular weight excluding hydrogens is 530 g/mol. The Morgan fingerprint density at radius 2 is 1.63 bits per heavy atom. The van der Waals surface area contributed by atoms with Gasteiger partial charge in [0.2, 0.25) is 21.8 Å². The summed E-state index contributed by atoms with van der Waals surface area (Å²) in [5.74, 6) is -0.661. The van der Waals surface area contributed by atoms with Gasteiger partial charge in [0.1, 0.15) is 12.6 Å². The molecule has 190 valence electrons. The molecule has 1 fully saturated rings. The summed E-state index contributed by atoms with van der Waals surface area (Å²) in [6.07, 6.45) is 5.13. The highest BCUT2D eigenvalue weighted by Crippen LogP contribution is 2.23.